The minimum Gasteiger partial charge on any atom is -0.481 e. The molecule has 1 aromatic carbocycles. The lowest BCUT2D eigenvalue weighted by atomic mass is 9.96. The summed E-state index contributed by atoms with van der Waals surface area (Å²) in [6.07, 6.45) is 0. The van der Waals surface area contributed by atoms with Gasteiger partial charge < -0.3 is 15.9 Å². The van der Waals surface area contributed by atoms with Crippen molar-refractivity contribution in [3.63, 3.8) is 0 Å². The fourth-order valence-electron chi connectivity index (χ4n) is 1.42. The summed E-state index contributed by atoms with van der Waals surface area (Å²) < 4.78 is 40.1. The average Bonchev–Trinajstić information content (AvgIpc) is 2.25. The molecule has 18 heavy (non-hydrogen) atoms. The Morgan fingerprint density at radius 1 is 1.22 bits per heavy atom. The molecule has 1 aromatic rings. The van der Waals surface area contributed by atoms with E-state index in [0.717, 1.165) is 0 Å². The molecule has 0 bridgehead atoms. The van der Waals surface area contributed by atoms with Crippen molar-refractivity contribution in [1.29, 1.82) is 0 Å². The van der Waals surface area contributed by atoms with Crippen molar-refractivity contribution in [2.45, 2.75) is 5.92 Å². The van der Waals surface area contributed by atoms with Gasteiger partial charge >= 0.3 is 11.9 Å². The molecule has 0 radical (unpaired) electrons. The van der Waals surface area contributed by atoms with Crippen molar-refractivity contribution in [1.82, 2.24) is 0 Å². The standard InChI is InChI=1S/C10H8F3NO4/c11-5-1-3(4(2-14)9(15)16)7(12)8(13)6(5)10(17)18/h1,4H,2,14H2,(H,15,16)(H,17,18). The van der Waals surface area contributed by atoms with Crippen LogP contribution in [0.5, 0.6) is 0 Å². The van der Waals surface area contributed by atoms with Crippen molar-refractivity contribution in [2.24, 2.45) is 5.73 Å². The number of carboxylic acids is 2. The van der Waals surface area contributed by atoms with E-state index in [9.17, 15) is 22.8 Å². The van der Waals surface area contributed by atoms with Crippen LogP contribution in [-0.2, 0) is 4.79 Å². The number of carboxylic acid groups (broad SMARTS) is 2. The molecule has 8 heteroatoms. The smallest absolute Gasteiger partial charge is 0.341 e. The van der Waals surface area contributed by atoms with Gasteiger partial charge in [0, 0.05) is 12.1 Å². The Labute approximate surface area is 98.6 Å². The maximum Gasteiger partial charge on any atom is 0.341 e. The second-order valence-corrected chi connectivity index (χ2v) is 3.38. The number of benzene rings is 1. The predicted molar refractivity (Wildman–Crippen MR) is 52.7 cm³/mol. The van der Waals surface area contributed by atoms with Crippen molar-refractivity contribution < 1.29 is 33.0 Å². The van der Waals surface area contributed by atoms with Gasteiger partial charge in [-0.3, -0.25) is 4.79 Å². The van der Waals surface area contributed by atoms with E-state index in [1.807, 2.05) is 0 Å². The van der Waals surface area contributed by atoms with E-state index >= 15 is 0 Å². The highest BCUT2D eigenvalue weighted by Gasteiger charge is 2.29. The van der Waals surface area contributed by atoms with Gasteiger partial charge in [-0.15, -0.1) is 0 Å². The summed E-state index contributed by atoms with van der Waals surface area (Å²) in [5.74, 6) is -10.5. The lowest BCUT2D eigenvalue weighted by molar-refractivity contribution is -0.138. The number of hydrogen-bond donors (Lipinski definition) is 3. The maximum atomic E-state index is 13.5. The van der Waals surface area contributed by atoms with Crippen LogP contribution in [0, 0.1) is 17.5 Å². The highest BCUT2D eigenvalue weighted by atomic mass is 19.2. The normalized spacial score (nSPS) is 12.2. The van der Waals surface area contributed by atoms with Crippen LogP contribution in [0.3, 0.4) is 0 Å². The number of aliphatic carboxylic acids is 1. The Kier molecular flexibility index (Phi) is 3.92. The number of hydrogen-bond acceptors (Lipinski definition) is 3. The van der Waals surface area contributed by atoms with Gasteiger partial charge in [0.15, 0.2) is 11.6 Å². The van der Waals surface area contributed by atoms with Gasteiger partial charge in [0.2, 0.25) is 0 Å². The summed E-state index contributed by atoms with van der Waals surface area (Å²) in [4.78, 5) is 21.2. The summed E-state index contributed by atoms with van der Waals surface area (Å²) in [7, 11) is 0. The first-order chi connectivity index (χ1) is 8.31. The highest BCUT2D eigenvalue weighted by Crippen LogP contribution is 2.25. The molecule has 0 aliphatic heterocycles. The molecule has 5 nitrogen and oxygen atoms in total. The zero-order chi connectivity index (χ0) is 14.0. The molecule has 1 unspecified atom stereocenters. The number of halogens is 3. The zero-order valence-electron chi connectivity index (χ0n) is 8.78. The first kappa shape index (κ1) is 14.0. The number of nitrogens with two attached hydrogens (primary N) is 1. The molecule has 0 aliphatic rings. The van der Waals surface area contributed by atoms with Crippen molar-refractivity contribution >= 4 is 11.9 Å². The highest BCUT2D eigenvalue weighted by molar-refractivity contribution is 5.88. The lowest BCUT2D eigenvalue weighted by Crippen LogP contribution is -2.23. The van der Waals surface area contributed by atoms with E-state index in [0.29, 0.717) is 6.07 Å². The van der Waals surface area contributed by atoms with E-state index in [1.54, 1.807) is 0 Å². The third-order valence-corrected chi connectivity index (χ3v) is 2.31. The van der Waals surface area contributed by atoms with Gasteiger partial charge in [0.1, 0.15) is 11.4 Å². The molecule has 0 fully saturated rings. The molecular formula is C10H8F3NO4. The molecule has 0 heterocycles. The van der Waals surface area contributed by atoms with Crippen molar-refractivity contribution in [2.75, 3.05) is 6.54 Å². The molecule has 98 valence electrons. The fourth-order valence-corrected chi connectivity index (χ4v) is 1.42. The summed E-state index contributed by atoms with van der Waals surface area (Å²) in [6, 6.07) is 0.327. The van der Waals surface area contributed by atoms with E-state index in [2.05, 4.69) is 0 Å². The molecule has 1 atom stereocenters. The van der Waals surface area contributed by atoms with E-state index in [1.165, 1.54) is 0 Å². The van der Waals surface area contributed by atoms with Gasteiger partial charge in [-0.2, -0.15) is 0 Å². The average molecular weight is 263 g/mol. The molecule has 0 saturated carbocycles. The molecule has 0 amide bonds. The molecule has 0 spiro atoms. The topological polar surface area (TPSA) is 101 Å². The van der Waals surface area contributed by atoms with Gasteiger partial charge in [-0.1, -0.05) is 0 Å². The third-order valence-electron chi connectivity index (χ3n) is 2.31. The second kappa shape index (κ2) is 5.05. The van der Waals surface area contributed by atoms with Gasteiger partial charge in [-0.25, -0.2) is 18.0 Å². The summed E-state index contributed by atoms with van der Waals surface area (Å²) in [5.41, 5.74) is 2.76. The molecule has 0 aliphatic carbocycles. The van der Waals surface area contributed by atoms with Crippen LogP contribution in [0.4, 0.5) is 13.2 Å². The van der Waals surface area contributed by atoms with Crippen LogP contribution in [0.25, 0.3) is 0 Å². The molecule has 0 saturated heterocycles. The van der Waals surface area contributed by atoms with Crippen molar-refractivity contribution in [3.8, 4) is 0 Å². The molecular weight excluding hydrogens is 255 g/mol. The summed E-state index contributed by atoms with van der Waals surface area (Å²) >= 11 is 0. The van der Waals surface area contributed by atoms with Crippen LogP contribution >= 0.6 is 0 Å². The Morgan fingerprint density at radius 3 is 2.17 bits per heavy atom. The van der Waals surface area contributed by atoms with E-state index in [-0.39, 0.29) is 0 Å². The lowest BCUT2D eigenvalue weighted by Gasteiger charge is -2.13. The van der Waals surface area contributed by atoms with Crippen LogP contribution in [0.2, 0.25) is 0 Å². The Morgan fingerprint density at radius 2 is 1.78 bits per heavy atom. The Balaban J connectivity index is 3.51. The predicted octanol–water partition coefficient (Wildman–Crippen LogP) is 0.929. The minimum atomic E-state index is -1.99. The van der Waals surface area contributed by atoms with Gasteiger partial charge in [0.25, 0.3) is 0 Å². The summed E-state index contributed by atoms with van der Waals surface area (Å²) in [6.45, 7) is -0.586. The van der Waals surface area contributed by atoms with E-state index < -0.39 is 53.0 Å². The quantitative estimate of drug-likeness (QED) is 0.701. The van der Waals surface area contributed by atoms with Crippen LogP contribution < -0.4 is 5.73 Å². The third kappa shape index (κ3) is 2.28. The van der Waals surface area contributed by atoms with E-state index in [4.69, 9.17) is 15.9 Å². The second-order valence-electron chi connectivity index (χ2n) is 3.38. The monoisotopic (exact) mass is 263 g/mol. The van der Waals surface area contributed by atoms with Gasteiger partial charge in [0.05, 0.1) is 5.92 Å². The summed E-state index contributed by atoms with van der Waals surface area (Å²) in [5, 5.41) is 17.2. The minimum absolute atomic E-state index is 0.327. The van der Waals surface area contributed by atoms with Gasteiger partial charge in [-0.05, 0) is 6.07 Å². The largest absolute Gasteiger partial charge is 0.481 e. The Bertz CT molecular complexity index is 518. The molecule has 1 rings (SSSR count). The number of rotatable bonds is 4. The van der Waals surface area contributed by atoms with Crippen LogP contribution in [-0.4, -0.2) is 28.7 Å². The Hall–Kier alpha value is -2.09. The van der Waals surface area contributed by atoms with Crippen LogP contribution in [0.1, 0.15) is 21.8 Å². The first-order valence-electron chi connectivity index (χ1n) is 4.64. The number of carbonyl (C=O) groups is 2. The molecule has 4 N–H and O–H groups in total. The first-order valence-corrected chi connectivity index (χ1v) is 4.64. The zero-order valence-corrected chi connectivity index (χ0v) is 8.78. The fraction of sp³-hybridized carbons (Fsp3) is 0.200. The van der Waals surface area contributed by atoms with Crippen LogP contribution in [0.15, 0.2) is 6.07 Å². The number of aromatic carboxylic acids is 1. The maximum absolute atomic E-state index is 13.5. The van der Waals surface area contributed by atoms with Crippen molar-refractivity contribution in [3.05, 3.63) is 34.6 Å². The SMILES string of the molecule is NCC(C(=O)O)c1cc(F)c(C(=O)O)c(F)c1F. The molecule has 0 aromatic heterocycles.